The zero-order chi connectivity index (χ0) is 12.4. The smallest absolute Gasteiger partial charge is 0.130 e. The molecule has 18 heavy (non-hydrogen) atoms. The Bertz CT molecular complexity index is 563. The Morgan fingerprint density at radius 1 is 1.28 bits per heavy atom. The fraction of sp³-hybridized carbons (Fsp3) is 0.267. The Labute approximate surface area is 107 Å². The number of aryl methyl sites for hydroxylation is 1. The lowest BCUT2D eigenvalue weighted by Gasteiger charge is -2.20. The van der Waals surface area contributed by atoms with Gasteiger partial charge in [-0.1, -0.05) is 12.1 Å². The van der Waals surface area contributed by atoms with E-state index in [0.717, 1.165) is 25.3 Å². The average Bonchev–Trinajstić information content (AvgIpc) is 2.39. The second-order valence-corrected chi connectivity index (χ2v) is 4.71. The van der Waals surface area contributed by atoms with Gasteiger partial charge in [0, 0.05) is 18.4 Å². The van der Waals surface area contributed by atoms with Gasteiger partial charge in [-0.3, -0.25) is 0 Å². The fourth-order valence-electron chi connectivity index (χ4n) is 2.39. The van der Waals surface area contributed by atoms with Crippen molar-refractivity contribution < 1.29 is 0 Å². The van der Waals surface area contributed by atoms with Crippen LogP contribution >= 0.6 is 0 Å². The van der Waals surface area contributed by atoms with Crippen LogP contribution < -0.4 is 10.6 Å². The number of hydrogen-bond acceptors (Lipinski definition) is 3. The quantitative estimate of drug-likeness (QED) is 0.846. The lowest BCUT2D eigenvalue weighted by Crippen LogP contribution is -2.24. The van der Waals surface area contributed by atoms with E-state index in [1.165, 1.54) is 22.4 Å². The molecule has 3 nitrogen and oxygen atoms in total. The molecule has 0 atom stereocenters. The number of nitrogens with one attached hydrogen (secondary N) is 2. The predicted octanol–water partition coefficient (Wildman–Crippen LogP) is 2.78. The molecule has 2 N–H and O–H groups in total. The second-order valence-electron chi connectivity index (χ2n) is 4.71. The third-order valence-corrected chi connectivity index (χ3v) is 3.32. The summed E-state index contributed by atoms with van der Waals surface area (Å²) in [5.41, 5.74) is 5.21. The number of fused-ring (bicyclic) bond motifs is 1. The zero-order valence-corrected chi connectivity index (χ0v) is 10.5. The summed E-state index contributed by atoms with van der Waals surface area (Å²) in [5, 5.41) is 6.83. The van der Waals surface area contributed by atoms with Gasteiger partial charge in [-0.2, -0.15) is 0 Å². The first-order valence-corrected chi connectivity index (χ1v) is 6.34. The topological polar surface area (TPSA) is 37.0 Å². The Kier molecular flexibility index (Phi) is 2.99. The number of benzene rings is 1. The summed E-state index contributed by atoms with van der Waals surface area (Å²) in [6, 6.07) is 10.5. The van der Waals surface area contributed by atoms with Crippen molar-refractivity contribution in [1.82, 2.24) is 10.3 Å². The van der Waals surface area contributed by atoms with Crippen molar-refractivity contribution >= 4 is 11.5 Å². The van der Waals surface area contributed by atoms with Gasteiger partial charge >= 0.3 is 0 Å². The Hall–Kier alpha value is -1.87. The Morgan fingerprint density at radius 3 is 3.11 bits per heavy atom. The molecule has 1 aliphatic rings. The van der Waals surface area contributed by atoms with Gasteiger partial charge in [-0.05, 0) is 54.8 Å². The second kappa shape index (κ2) is 4.78. The summed E-state index contributed by atoms with van der Waals surface area (Å²) in [6.07, 6.45) is 2.92. The summed E-state index contributed by atoms with van der Waals surface area (Å²) in [7, 11) is 0. The maximum Gasteiger partial charge on any atom is 0.130 e. The first kappa shape index (κ1) is 11.2. The third-order valence-electron chi connectivity index (χ3n) is 3.32. The van der Waals surface area contributed by atoms with Crippen LogP contribution in [0.5, 0.6) is 0 Å². The molecule has 0 radical (unpaired) electrons. The van der Waals surface area contributed by atoms with E-state index >= 15 is 0 Å². The molecular formula is C15H17N3. The minimum absolute atomic E-state index is 0.918. The SMILES string of the molecule is Cc1ccnc(Nc2cccc3c2CCNC3)c1. The molecule has 0 fully saturated rings. The van der Waals surface area contributed by atoms with Gasteiger partial charge in [0.05, 0.1) is 0 Å². The van der Waals surface area contributed by atoms with E-state index < -0.39 is 0 Å². The average molecular weight is 239 g/mol. The van der Waals surface area contributed by atoms with Crippen LogP contribution in [-0.2, 0) is 13.0 Å². The summed E-state index contributed by atoms with van der Waals surface area (Å²) in [4.78, 5) is 4.36. The Morgan fingerprint density at radius 2 is 2.22 bits per heavy atom. The van der Waals surface area contributed by atoms with Crippen LogP contribution in [0, 0.1) is 6.92 Å². The number of nitrogens with zero attached hydrogens (tertiary/aromatic N) is 1. The summed E-state index contributed by atoms with van der Waals surface area (Å²) in [6.45, 7) is 4.09. The first-order chi connectivity index (χ1) is 8.83. The van der Waals surface area contributed by atoms with Crippen molar-refractivity contribution in [2.45, 2.75) is 19.9 Å². The molecular weight excluding hydrogens is 222 g/mol. The molecule has 1 aromatic carbocycles. The molecule has 2 aromatic rings. The van der Waals surface area contributed by atoms with Crippen LogP contribution in [0.1, 0.15) is 16.7 Å². The van der Waals surface area contributed by atoms with Crippen LogP contribution in [0.4, 0.5) is 11.5 Å². The van der Waals surface area contributed by atoms with Crippen LogP contribution in [0.3, 0.4) is 0 Å². The number of hydrogen-bond donors (Lipinski definition) is 2. The largest absolute Gasteiger partial charge is 0.340 e. The number of anilines is 2. The van der Waals surface area contributed by atoms with Gasteiger partial charge in [0.2, 0.25) is 0 Å². The minimum atomic E-state index is 0.918. The standard InChI is InChI=1S/C15H17N3/c1-11-5-8-17-15(9-11)18-14-4-2-3-12-10-16-7-6-13(12)14/h2-5,8-9,16H,6-7,10H2,1H3,(H,17,18). The molecule has 92 valence electrons. The van der Waals surface area contributed by atoms with Gasteiger partial charge in [0.25, 0.3) is 0 Å². The van der Waals surface area contributed by atoms with Crippen molar-refractivity contribution in [3.63, 3.8) is 0 Å². The van der Waals surface area contributed by atoms with E-state index in [-0.39, 0.29) is 0 Å². The van der Waals surface area contributed by atoms with Gasteiger partial charge in [-0.15, -0.1) is 0 Å². The molecule has 0 saturated carbocycles. The van der Waals surface area contributed by atoms with Crippen LogP contribution in [0.15, 0.2) is 36.5 Å². The van der Waals surface area contributed by atoms with E-state index in [1.54, 1.807) is 0 Å². The molecule has 0 saturated heterocycles. The zero-order valence-electron chi connectivity index (χ0n) is 10.5. The lowest BCUT2D eigenvalue weighted by molar-refractivity contribution is 0.645. The van der Waals surface area contributed by atoms with Crippen LogP contribution in [0.2, 0.25) is 0 Å². The highest BCUT2D eigenvalue weighted by atomic mass is 15.0. The highest BCUT2D eigenvalue weighted by molar-refractivity contribution is 5.63. The van der Waals surface area contributed by atoms with E-state index in [9.17, 15) is 0 Å². The van der Waals surface area contributed by atoms with Gasteiger partial charge < -0.3 is 10.6 Å². The highest BCUT2D eigenvalue weighted by Gasteiger charge is 2.12. The van der Waals surface area contributed by atoms with Gasteiger partial charge in [0.15, 0.2) is 0 Å². The van der Waals surface area contributed by atoms with E-state index in [0.29, 0.717) is 0 Å². The van der Waals surface area contributed by atoms with Gasteiger partial charge in [0.1, 0.15) is 5.82 Å². The number of aromatic nitrogens is 1. The van der Waals surface area contributed by atoms with Crippen LogP contribution in [0.25, 0.3) is 0 Å². The summed E-state index contributed by atoms with van der Waals surface area (Å²) < 4.78 is 0. The maximum atomic E-state index is 4.36. The van der Waals surface area contributed by atoms with E-state index in [4.69, 9.17) is 0 Å². The fourth-order valence-corrected chi connectivity index (χ4v) is 2.39. The summed E-state index contributed by atoms with van der Waals surface area (Å²) in [5.74, 6) is 0.918. The number of pyridine rings is 1. The molecule has 0 spiro atoms. The monoisotopic (exact) mass is 239 g/mol. The molecule has 0 amide bonds. The first-order valence-electron chi connectivity index (χ1n) is 6.34. The molecule has 2 heterocycles. The predicted molar refractivity (Wildman–Crippen MR) is 74.1 cm³/mol. The lowest BCUT2D eigenvalue weighted by atomic mass is 9.99. The van der Waals surface area contributed by atoms with Crippen molar-refractivity contribution in [2.75, 3.05) is 11.9 Å². The highest BCUT2D eigenvalue weighted by Crippen LogP contribution is 2.25. The van der Waals surface area contributed by atoms with Crippen molar-refractivity contribution in [3.8, 4) is 0 Å². The number of rotatable bonds is 2. The molecule has 1 aromatic heterocycles. The molecule has 0 bridgehead atoms. The molecule has 3 rings (SSSR count). The van der Waals surface area contributed by atoms with E-state index in [2.05, 4.69) is 46.8 Å². The summed E-state index contributed by atoms with van der Waals surface area (Å²) >= 11 is 0. The Balaban J connectivity index is 1.93. The normalized spacial score (nSPS) is 14.1. The van der Waals surface area contributed by atoms with Gasteiger partial charge in [-0.25, -0.2) is 4.98 Å². The molecule has 3 heteroatoms. The third kappa shape index (κ3) is 2.22. The van der Waals surface area contributed by atoms with E-state index in [1.807, 2.05) is 12.3 Å². The maximum absolute atomic E-state index is 4.36. The van der Waals surface area contributed by atoms with Crippen molar-refractivity contribution in [1.29, 1.82) is 0 Å². The van der Waals surface area contributed by atoms with Crippen LogP contribution in [-0.4, -0.2) is 11.5 Å². The molecule has 0 aliphatic carbocycles. The minimum Gasteiger partial charge on any atom is -0.340 e. The van der Waals surface area contributed by atoms with Crippen molar-refractivity contribution in [3.05, 3.63) is 53.2 Å². The molecule has 1 aliphatic heterocycles. The van der Waals surface area contributed by atoms with Crippen molar-refractivity contribution in [2.24, 2.45) is 0 Å². The molecule has 0 unspecified atom stereocenters.